The molecule has 2 aromatic rings. The molecular formula is C18H20N2O5. The van der Waals surface area contributed by atoms with Crippen LogP contribution < -0.4 is 19.6 Å². The first kappa shape index (κ1) is 18.1. The number of carbonyl (C=O) groups excluding carboxylic acids is 1. The number of hydrogen-bond acceptors (Lipinski definition) is 6. The Hall–Kier alpha value is -3.22. The van der Waals surface area contributed by atoms with Crippen molar-refractivity contribution in [1.82, 2.24) is 5.43 Å². The highest BCUT2D eigenvalue weighted by Crippen LogP contribution is 2.25. The third kappa shape index (κ3) is 5.72. The second-order valence-electron chi connectivity index (χ2n) is 4.92. The van der Waals surface area contributed by atoms with Crippen LogP contribution in [0.1, 0.15) is 12.5 Å². The molecule has 0 saturated heterocycles. The number of hydrogen-bond donors (Lipinski definition) is 2. The maximum atomic E-state index is 11.7. The van der Waals surface area contributed by atoms with Gasteiger partial charge in [-0.2, -0.15) is 5.10 Å². The predicted octanol–water partition coefficient (Wildman–Crippen LogP) is 2.33. The van der Waals surface area contributed by atoms with Gasteiger partial charge in [-0.05, 0) is 55.0 Å². The van der Waals surface area contributed by atoms with Crippen LogP contribution in [0.2, 0.25) is 0 Å². The van der Waals surface area contributed by atoms with E-state index in [0.717, 1.165) is 5.75 Å². The molecule has 7 heteroatoms. The summed E-state index contributed by atoms with van der Waals surface area (Å²) in [5, 5.41) is 13.3. The fourth-order valence-electron chi connectivity index (χ4n) is 1.93. The quantitative estimate of drug-likeness (QED) is 0.567. The number of nitrogens with one attached hydrogen (secondary N) is 1. The lowest BCUT2D eigenvalue weighted by molar-refractivity contribution is -0.123. The zero-order valence-corrected chi connectivity index (χ0v) is 14.1. The van der Waals surface area contributed by atoms with Crippen LogP contribution in [0.3, 0.4) is 0 Å². The molecule has 0 spiro atoms. The minimum absolute atomic E-state index is 0.0347. The first-order valence-corrected chi connectivity index (χ1v) is 7.67. The smallest absolute Gasteiger partial charge is 0.277 e. The third-order valence-electron chi connectivity index (χ3n) is 3.11. The van der Waals surface area contributed by atoms with Crippen molar-refractivity contribution in [1.29, 1.82) is 0 Å². The van der Waals surface area contributed by atoms with Crippen LogP contribution in [-0.4, -0.2) is 37.6 Å². The highest BCUT2D eigenvalue weighted by atomic mass is 16.5. The summed E-state index contributed by atoms with van der Waals surface area (Å²) in [6, 6.07) is 11.7. The highest BCUT2D eigenvalue weighted by Gasteiger charge is 2.03. The summed E-state index contributed by atoms with van der Waals surface area (Å²) < 4.78 is 15.7. The Bertz CT molecular complexity index is 729. The molecule has 0 aliphatic rings. The van der Waals surface area contributed by atoms with Gasteiger partial charge in [0.1, 0.15) is 11.5 Å². The molecule has 0 atom stereocenters. The van der Waals surface area contributed by atoms with E-state index in [4.69, 9.17) is 14.2 Å². The minimum atomic E-state index is -0.393. The first-order valence-electron chi connectivity index (χ1n) is 7.67. The Kier molecular flexibility index (Phi) is 6.65. The number of carbonyl (C=O) groups is 1. The van der Waals surface area contributed by atoms with Crippen molar-refractivity contribution >= 4 is 12.1 Å². The average Bonchev–Trinajstić information content (AvgIpc) is 2.63. The van der Waals surface area contributed by atoms with Crippen LogP contribution in [0.25, 0.3) is 0 Å². The number of benzene rings is 2. The molecule has 132 valence electrons. The Balaban J connectivity index is 1.80. The van der Waals surface area contributed by atoms with Crippen LogP contribution in [0.15, 0.2) is 47.6 Å². The second kappa shape index (κ2) is 9.17. The van der Waals surface area contributed by atoms with Gasteiger partial charge in [-0.3, -0.25) is 4.79 Å². The molecule has 2 aromatic carbocycles. The van der Waals surface area contributed by atoms with Gasteiger partial charge in [-0.25, -0.2) is 5.43 Å². The van der Waals surface area contributed by atoms with Crippen molar-refractivity contribution in [2.45, 2.75) is 6.92 Å². The van der Waals surface area contributed by atoms with E-state index in [9.17, 15) is 9.90 Å². The molecule has 0 heterocycles. The normalized spacial score (nSPS) is 10.5. The van der Waals surface area contributed by atoms with Crippen molar-refractivity contribution in [3.05, 3.63) is 48.0 Å². The zero-order valence-electron chi connectivity index (χ0n) is 14.1. The van der Waals surface area contributed by atoms with Gasteiger partial charge in [0, 0.05) is 0 Å². The fraction of sp³-hybridized carbons (Fsp3) is 0.222. The van der Waals surface area contributed by atoms with Gasteiger partial charge in [0.15, 0.2) is 18.1 Å². The van der Waals surface area contributed by atoms with E-state index < -0.39 is 5.91 Å². The van der Waals surface area contributed by atoms with Crippen molar-refractivity contribution < 1.29 is 24.1 Å². The predicted molar refractivity (Wildman–Crippen MR) is 93.5 cm³/mol. The van der Waals surface area contributed by atoms with Crippen LogP contribution in [0.4, 0.5) is 0 Å². The van der Waals surface area contributed by atoms with Gasteiger partial charge in [0.05, 0.1) is 19.9 Å². The molecule has 0 aromatic heterocycles. The Morgan fingerprint density at radius 3 is 2.48 bits per heavy atom. The van der Waals surface area contributed by atoms with Crippen molar-refractivity contribution in [2.75, 3.05) is 20.3 Å². The standard InChI is InChI=1S/C18H20N2O5/c1-3-24-14-5-7-15(8-6-14)25-12-18(22)20-19-11-13-4-9-16(21)17(10-13)23-2/h4-11,21H,3,12H2,1-2H3,(H,20,22)/b19-11-. The molecule has 2 N–H and O–H groups in total. The molecule has 0 bridgehead atoms. The molecule has 25 heavy (non-hydrogen) atoms. The van der Waals surface area contributed by atoms with Crippen LogP contribution in [0.5, 0.6) is 23.0 Å². The molecule has 2 rings (SSSR count). The number of nitrogens with zero attached hydrogens (tertiary/aromatic N) is 1. The number of methoxy groups -OCH3 is 1. The Labute approximate surface area is 145 Å². The maximum Gasteiger partial charge on any atom is 0.277 e. The lowest BCUT2D eigenvalue weighted by Crippen LogP contribution is -2.24. The van der Waals surface area contributed by atoms with Gasteiger partial charge >= 0.3 is 0 Å². The molecule has 0 fully saturated rings. The van der Waals surface area contributed by atoms with Gasteiger partial charge in [0.2, 0.25) is 0 Å². The highest BCUT2D eigenvalue weighted by molar-refractivity contribution is 5.83. The van der Waals surface area contributed by atoms with E-state index in [0.29, 0.717) is 23.7 Å². The summed E-state index contributed by atoms with van der Waals surface area (Å²) in [6.45, 7) is 2.33. The molecule has 7 nitrogen and oxygen atoms in total. The number of rotatable bonds is 8. The third-order valence-corrected chi connectivity index (χ3v) is 3.11. The van der Waals surface area contributed by atoms with E-state index in [1.54, 1.807) is 36.4 Å². The number of phenols is 1. The van der Waals surface area contributed by atoms with Crippen LogP contribution in [0, 0.1) is 0 Å². The largest absolute Gasteiger partial charge is 0.504 e. The Morgan fingerprint density at radius 2 is 1.84 bits per heavy atom. The summed E-state index contributed by atoms with van der Waals surface area (Å²) >= 11 is 0. The van der Waals surface area contributed by atoms with Gasteiger partial charge in [-0.15, -0.1) is 0 Å². The number of hydrazone groups is 1. The fourth-order valence-corrected chi connectivity index (χ4v) is 1.93. The summed E-state index contributed by atoms with van der Waals surface area (Å²) in [5.74, 6) is 1.27. The summed E-state index contributed by atoms with van der Waals surface area (Å²) in [7, 11) is 1.45. The van der Waals surface area contributed by atoms with Crippen molar-refractivity contribution in [3.63, 3.8) is 0 Å². The van der Waals surface area contributed by atoms with Crippen molar-refractivity contribution in [2.24, 2.45) is 5.10 Å². The summed E-state index contributed by atoms with van der Waals surface area (Å²) in [6.07, 6.45) is 1.44. The minimum Gasteiger partial charge on any atom is -0.504 e. The average molecular weight is 344 g/mol. The molecule has 0 radical (unpaired) electrons. The molecule has 0 unspecified atom stereocenters. The lowest BCUT2D eigenvalue weighted by Gasteiger charge is -2.07. The summed E-state index contributed by atoms with van der Waals surface area (Å²) in [4.78, 5) is 11.7. The van der Waals surface area contributed by atoms with E-state index in [1.807, 2.05) is 6.92 Å². The van der Waals surface area contributed by atoms with E-state index in [2.05, 4.69) is 10.5 Å². The van der Waals surface area contributed by atoms with Crippen LogP contribution in [-0.2, 0) is 4.79 Å². The molecular weight excluding hydrogens is 324 g/mol. The maximum absolute atomic E-state index is 11.7. The monoisotopic (exact) mass is 344 g/mol. The van der Waals surface area contributed by atoms with Crippen molar-refractivity contribution in [3.8, 4) is 23.0 Å². The molecule has 0 saturated carbocycles. The molecule has 1 amide bonds. The van der Waals surface area contributed by atoms with Gasteiger partial charge in [-0.1, -0.05) is 0 Å². The zero-order chi connectivity index (χ0) is 18.1. The topological polar surface area (TPSA) is 89.4 Å². The van der Waals surface area contributed by atoms with E-state index in [-0.39, 0.29) is 12.4 Å². The molecule has 0 aliphatic heterocycles. The second-order valence-corrected chi connectivity index (χ2v) is 4.92. The van der Waals surface area contributed by atoms with Gasteiger partial charge < -0.3 is 19.3 Å². The number of amides is 1. The lowest BCUT2D eigenvalue weighted by atomic mass is 10.2. The summed E-state index contributed by atoms with van der Waals surface area (Å²) in [5.41, 5.74) is 3.03. The van der Waals surface area contributed by atoms with E-state index >= 15 is 0 Å². The number of ether oxygens (including phenoxy) is 3. The SMILES string of the molecule is CCOc1ccc(OCC(=O)N/N=C\c2ccc(O)c(OC)c2)cc1. The first-order chi connectivity index (χ1) is 12.1. The number of phenolic OH excluding ortho intramolecular Hbond substituents is 1. The van der Waals surface area contributed by atoms with Gasteiger partial charge in [0.25, 0.3) is 5.91 Å². The van der Waals surface area contributed by atoms with E-state index in [1.165, 1.54) is 19.4 Å². The number of aromatic hydroxyl groups is 1. The molecule has 0 aliphatic carbocycles. The van der Waals surface area contributed by atoms with Crippen LogP contribution >= 0.6 is 0 Å². The Morgan fingerprint density at radius 1 is 1.16 bits per heavy atom.